The largest absolute Gasteiger partial charge is 0.469 e. The van der Waals surface area contributed by atoms with Crippen LogP contribution < -0.4 is 10.6 Å². The fourth-order valence-electron chi connectivity index (χ4n) is 4.11. The molecule has 2 amide bonds. The lowest BCUT2D eigenvalue weighted by molar-refractivity contribution is -0.132. The summed E-state index contributed by atoms with van der Waals surface area (Å²) >= 11 is 0. The van der Waals surface area contributed by atoms with Crippen LogP contribution in [-0.4, -0.2) is 121 Å². The second-order valence-electron chi connectivity index (χ2n) is 14.8. The van der Waals surface area contributed by atoms with Crippen molar-refractivity contribution in [3.8, 4) is 0 Å². The van der Waals surface area contributed by atoms with Crippen molar-refractivity contribution in [1.29, 1.82) is 0 Å². The highest BCUT2D eigenvalue weighted by Crippen LogP contribution is 2.44. The summed E-state index contributed by atoms with van der Waals surface area (Å²) in [5.41, 5.74) is 0. The molecule has 0 aromatic rings. The molecule has 0 bridgehead atoms. The van der Waals surface area contributed by atoms with Crippen LogP contribution in [0.4, 0.5) is 0 Å². The maximum atomic E-state index is 12.0. The van der Waals surface area contributed by atoms with E-state index in [0.29, 0.717) is 0 Å². The number of rotatable bonds is 12. The molecular weight excluding hydrogens is 714 g/mol. The van der Waals surface area contributed by atoms with Gasteiger partial charge in [-0.15, -0.1) is 0 Å². The van der Waals surface area contributed by atoms with Crippen LogP contribution in [0.2, 0.25) is 36.3 Å². The van der Waals surface area contributed by atoms with Gasteiger partial charge in [-0.2, -0.15) is 0 Å². The Balaban J connectivity index is 0.000000569. The Morgan fingerprint density at radius 2 is 1.08 bits per heavy atom. The van der Waals surface area contributed by atoms with Crippen molar-refractivity contribution in [3.63, 3.8) is 0 Å². The number of aliphatic hydroxyl groups excluding tert-OH is 2. The molecule has 2 aliphatic rings. The number of ether oxygens (including phenoxy) is 2. The van der Waals surface area contributed by atoms with E-state index in [2.05, 4.69) is 82.9 Å². The lowest BCUT2D eigenvalue weighted by atomic mass is 10.1. The second-order valence-corrected chi connectivity index (χ2v) is 26.8. The number of hydrogen-bond acceptors (Lipinski definition) is 12. The highest BCUT2D eigenvalue weighted by Gasteiger charge is 2.54. The lowest BCUT2D eigenvalue weighted by Crippen LogP contribution is -2.56. The molecule has 8 atom stereocenters. The van der Waals surface area contributed by atoms with Crippen molar-refractivity contribution < 1.29 is 75.9 Å². The third kappa shape index (κ3) is 14.2. The number of hydrogen-bond donors (Lipinski definition) is 8. The van der Waals surface area contributed by atoms with E-state index in [-0.39, 0.29) is 16.0 Å². The van der Waals surface area contributed by atoms with E-state index in [9.17, 15) is 28.9 Å². The van der Waals surface area contributed by atoms with Gasteiger partial charge in [-0.3, -0.25) is 18.6 Å². The van der Waals surface area contributed by atoms with Gasteiger partial charge >= 0.3 is 15.6 Å². The Kier molecular flexibility index (Phi) is 15.9. The highest BCUT2D eigenvalue weighted by molar-refractivity contribution is 7.46. The monoisotopic (exact) mass is 770 g/mol. The minimum absolute atomic E-state index is 0.0954. The summed E-state index contributed by atoms with van der Waals surface area (Å²) < 4.78 is 54.8. The van der Waals surface area contributed by atoms with Gasteiger partial charge in [-0.1, -0.05) is 41.5 Å². The average molecular weight is 771 g/mol. The molecule has 3 unspecified atom stereocenters. The minimum Gasteiger partial charge on any atom is -0.407 e. The van der Waals surface area contributed by atoms with E-state index in [1.54, 1.807) is 0 Å². The van der Waals surface area contributed by atoms with Crippen molar-refractivity contribution in [3.05, 3.63) is 0 Å². The molecule has 0 aromatic heterocycles. The van der Waals surface area contributed by atoms with Crippen LogP contribution in [0.1, 0.15) is 55.4 Å². The first-order chi connectivity index (χ1) is 21.3. The van der Waals surface area contributed by atoms with Gasteiger partial charge in [-0.25, -0.2) is 9.13 Å². The summed E-state index contributed by atoms with van der Waals surface area (Å²) in [5.74, 6) is -0.778. The number of carbonyl (C=O) groups is 2. The van der Waals surface area contributed by atoms with Crippen LogP contribution in [0.3, 0.4) is 0 Å². The van der Waals surface area contributed by atoms with Crippen molar-refractivity contribution in [1.82, 2.24) is 10.6 Å². The topological polar surface area (TPSA) is 269 Å². The van der Waals surface area contributed by atoms with E-state index in [0.717, 1.165) is 0 Å². The Morgan fingerprint density at radius 1 is 0.708 bits per heavy atom. The first-order valence-corrected chi connectivity index (χ1v) is 24.1. The zero-order valence-electron chi connectivity index (χ0n) is 29.7. The van der Waals surface area contributed by atoms with Crippen molar-refractivity contribution >= 4 is 44.1 Å². The molecule has 2 aliphatic heterocycles. The molecule has 48 heavy (non-hydrogen) atoms. The molecule has 2 rings (SSSR count). The molecule has 0 aromatic carbocycles. The van der Waals surface area contributed by atoms with Gasteiger partial charge in [0.15, 0.2) is 29.2 Å². The Hall–Kier alpha value is -0.646. The molecule has 0 spiro atoms. The van der Waals surface area contributed by atoms with Gasteiger partial charge in [0.05, 0.1) is 25.3 Å². The third-order valence-electron chi connectivity index (χ3n) is 8.71. The molecule has 2 fully saturated rings. The maximum Gasteiger partial charge on any atom is 0.469 e. The number of phosphoric ester groups is 2. The average Bonchev–Trinajstić information content (AvgIpc) is 3.29. The van der Waals surface area contributed by atoms with Gasteiger partial charge in [0.25, 0.3) is 0 Å². The van der Waals surface area contributed by atoms with Gasteiger partial charge in [-0.05, 0) is 36.3 Å². The molecule has 0 radical (unpaired) electrons. The number of amides is 2. The molecule has 2 saturated heterocycles. The van der Waals surface area contributed by atoms with E-state index in [1.807, 2.05) is 0 Å². The second kappa shape index (κ2) is 16.8. The zero-order chi connectivity index (χ0) is 37.8. The Bertz CT molecular complexity index is 1190. The summed E-state index contributed by atoms with van der Waals surface area (Å²) in [6.45, 7) is 22.6. The molecule has 284 valence electrons. The van der Waals surface area contributed by atoms with Crippen LogP contribution in [0.25, 0.3) is 0 Å². The summed E-state index contributed by atoms with van der Waals surface area (Å²) in [4.78, 5) is 58.1. The van der Waals surface area contributed by atoms with Gasteiger partial charge in [0.1, 0.15) is 24.4 Å². The van der Waals surface area contributed by atoms with Crippen LogP contribution in [0.15, 0.2) is 0 Å². The predicted octanol–water partition coefficient (Wildman–Crippen LogP) is 1.42. The summed E-state index contributed by atoms with van der Waals surface area (Å²) in [6, 6.07) is -1.66. The number of carbonyl (C=O) groups excluding carboxylic acids is 2. The number of nitrogens with one attached hydrogen (secondary N) is 2. The first kappa shape index (κ1) is 45.4. The van der Waals surface area contributed by atoms with Gasteiger partial charge in [0, 0.05) is 13.8 Å². The van der Waals surface area contributed by atoms with E-state index >= 15 is 0 Å². The molecule has 2 heterocycles. The standard InChI is InChI=1S/C19H42NO8PSi2.C7H14NO8P/c1-13(21)20-15-14(12-25-29(22,23)24)26-17(28-31(10,11)19(5,6)7)16(15)27-30(8,9)18(2,3)4;1-3(9)8-5-4(2-15-17(12,13)14)16-7(11)6(5)10/h14-17H,12H2,1-11H3,(H,20,21)(H2,22,23,24);4-7,10-11H,2H2,1H3,(H,8,9)(H2,12,13,14)/t14-,15+,16?,17+;4-,5+,6?,7?/m11/s1. The fraction of sp³-hybridized carbons (Fsp3) is 0.923. The lowest BCUT2D eigenvalue weighted by Gasteiger charge is -2.43. The number of phosphoric acid groups is 2. The first-order valence-electron chi connectivity index (χ1n) is 15.2. The highest BCUT2D eigenvalue weighted by atomic mass is 31.2. The zero-order valence-corrected chi connectivity index (χ0v) is 33.5. The van der Waals surface area contributed by atoms with E-state index in [1.165, 1.54) is 13.8 Å². The minimum atomic E-state index is -4.71. The maximum absolute atomic E-state index is 12.0. The molecule has 0 aliphatic carbocycles. The molecule has 0 saturated carbocycles. The predicted molar refractivity (Wildman–Crippen MR) is 177 cm³/mol. The van der Waals surface area contributed by atoms with Gasteiger partial charge < -0.3 is 58.7 Å². The van der Waals surface area contributed by atoms with Crippen molar-refractivity contribution in [2.24, 2.45) is 0 Å². The SMILES string of the molecule is CC(=O)N[C@@H]1C(O)C(O)O[C@@H]1COP(=O)(O)O.CC(=O)N[C@@H]1C(O[Si](C)(C)C(C)(C)C)[C@H](O[Si](C)(C)C(C)(C)C)O[C@@H]1COP(=O)(O)O. The Labute approximate surface area is 284 Å². The van der Waals surface area contributed by atoms with E-state index < -0.39 is 100 Å². The molecule has 22 heteroatoms. The van der Waals surface area contributed by atoms with E-state index in [4.69, 9.17) is 42.4 Å². The summed E-state index contributed by atoms with van der Waals surface area (Å²) in [5, 5.41) is 23.6. The summed E-state index contributed by atoms with van der Waals surface area (Å²) in [7, 11) is -14.0. The summed E-state index contributed by atoms with van der Waals surface area (Å²) in [6.07, 6.45) is -6.24. The van der Waals surface area contributed by atoms with Gasteiger partial charge in [0.2, 0.25) is 11.8 Å². The smallest absolute Gasteiger partial charge is 0.407 e. The van der Waals surface area contributed by atoms with Crippen LogP contribution in [0.5, 0.6) is 0 Å². The number of aliphatic hydroxyl groups is 2. The Morgan fingerprint density at radius 3 is 1.46 bits per heavy atom. The fourth-order valence-corrected chi connectivity index (χ4v) is 7.21. The van der Waals surface area contributed by atoms with Crippen LogP contribution in [-0.2, 0) is 46.1 Å². The van der Waals surface area contributed by atoms with Crippen LogP contribution >= 0.6 is 15.6 Å². The normalized spacial score (nSPS) is 28.9. The van der Waals surface area contributed by atoms with Crippen molar-refractivity contribution in [2.45, 2.75) is 141 Å². The van der Waals surface area contributed by atoms with Crippen LogP contribution in [0, 0.1) is 0 Å². The molecular formula is C26H56N2O16P2Si2. The van der Waals surface area contributed by atoms with Crippen molar-refractivity contribution in [2.75, 3.05) is 13.2 Å². The third-order valence-corrected chi connectivity index (χ3v) is 18.6. The quantitative estimate of drug-likeness (QED) is 0.103. The molecule has 18 nitrogen and oxygen atoms in total. The molecule has 8 N–H and O–H groups in total.